The first-order chi connectivity index (χ1) is 15.5. The van der Waals surface area contributed by atoms with E-state index in [1.807, 2.05) is 50.2 Å². The number of aromatic nitrogens is 5. The van der Waals surface area contributed by atoms with E-state index < -0.39 is 5.54 Å². The largest absolute Gasteiger partial charge is 0.497 e. The Bertz CT molecular complexity index is 1190. The summed E-state index contributed by atoms with van der Waals surface area (Å²) in [5.74, 6) is 0.926. The van der Waals surface area contributed by atoms with Crippen LogP contribution in [0.3, 0.4) is 0 Å². The van der Waals surface area contributed by atoms with E-state index in [9.17, 15) is 4.79 Å². The van der Waals surface area contributed by atoms with Crippen LogP contribution in [0.1, 0.15) is 29.8 Å². The smallest absolute Gasteiger partial charge is 0.255 e. The summed E-state index contributed by atoms with van der Waals surface area (Å²) < 4.78 is 5.20. The molecule has 0 aliphatic rings. The lowest BCUT2D eigenvalue weighted by atomic mass is 9.95. The minimum atomic E-state index is -0.647. The predicted octanol–water partition coefficient (Wildman–Crippen LogP) is 3.67. The molecule has 0 unspecified atom stereocenters. The van der Waals surface area contributed by atoms with Gasteiger partial charge in [-0.15, -0.1) is 5.10 Å². The maximum Gasteiger partial charge on any atom is 0.255 e. The van der Waals surface area contributed by atoms with Gasteiger partial charge in [-0.3, -0.25) is 9.78 Å². The Morgan fingerprint density at radius 1 is 0.906 bits per heavy atom. The molecule has 3 heterocycles. The predicted molar refractivity (Wildman–Crippen MR) is 120 cm³/mol. The van der Waals surface area contributed by atoms with Crippen LogP contribution in [0.15, 0.2) is 73.3 Å². The molecule has 1 N–H and O–H groups in total. The first kappa shape index (κ1) is 21.0. The Kier molecular flexibility index (Phi) is 5.85. The molecule has 0 radical (unpaired) electrons. The highest BCUT2D eigenvalue weighted by Gasteiger charge is 2.24. The van der Waals surface area contributed by atoms with Gasteiger partial charge in [-0.05, 0) is 61.9 Å². The molecule has 0 aliphatic carbocycles. The molecular weight excluding hydrogens is 404 g/mol. The van der Waals surface area contributed by atoms with Crippen molar-refractivity contribution in [1.82, 2.24) is 30.5 Å². The monoisotopic (exact) mass is 426 g/mol. The molecule has 8 heteroatoms. The minimum Gasteiger partial charge on any atom is -0.497 e. The number of pyridine rings is 1. The Morgan fingerprint density at radius 2 is 1.66 bits per heavy atom. The summed E-state index contributed by atoms with van der Waals surface area (Å²) >= 11 is 0. The van der Waals surface area contributed by atoms with Crippen molar-refractivity contribution in [2.24, 2.45) is 0 Å². The summed E-state index contributed by atoms with van der Waals surface area (Å²) in [6.07, 6.45) is 6.31. The van der Waals surface area contributed by atoms with Gasteiger partial charge >= 0.3 is 0 Å². The van der Waals surface area contributed by atoms with Gasteiger partial charge in [0.15, 0.2) is 5.82 Å². The summed E-state index contributed by atoms with van der Waals surface area (Å²) in [5.41, 5.74) is 2.95. The van der Waals surface area contributed by atoms with Gasteiger partial charge in [-0.25, -0.2) is 9.97 Å². The van der Waals surface area contributed by atoms with Crippen LogP contribution in [0, 0.1) is 0 Å². The van der Waals surface area contributed by atoms with Gasteiger partial charge in [0, 0.05) is 30.4 Å². The second kappa shape index (κ2) is 8.89. The van der Waals surface area contributed by atoms with Crippen molar-refractivity contribution in [3.05, 3.63) is 84.4 Å². The average Bonchev–Trinajstić information content (AvgIpc) is 2.84. The number of carbonyl (C=O) groups excluding carboxylic acids is 1. The number of ether oxygens (including phenoxy) is 1. The Hall–Kier alpha value is -4.20. The Labute approximate surface area is 185 Å². The fraction of sp³-hybridized carbons (Fsp3) is 0.167. The molecule has 4 aromatic rings. The van der Waals surface area contributed by atoms with Crippen LogP contribution in [0.5, 0.6) is 5.75 Å². The number of hydrogen-bond donors (Lipinski definition) is 1. The fourth-order valence-corrected chi connectivity index (χ4v) is 3.12. The minimum absolute atomic E-state index is 0.278. The van der Waals surface area contributed by atoms with Crippen molar-refractivity contribution in [2.45, 2.75) is 19.4 Å². The standard InChI is InChI=1S/C24H22N6O2/c1-24(2,18-8-11-20(25-15-18)16-6-9-19(32-3)10-7-16)29-23(31)17-13-26-22(27-14-17)21-5-4-12-28-30-21/h4-15H,1-3H3,(H,29,31). The van der Waals surface area contributed by atoms with Gasteiger partial charge in [0.2, 0.25) is 0 Å². The van der Waals surface area contributed by atoms with E-state index in [-0.39, 0.29) is 5.91 Å². The normalized spacial score (nSPS) is 11.1. The maximum absolute atomic E-state index is 12.8. The number of carbonyl (C=O) groups is 1. The number of nitrogens with zero attached hydrogens (tertiary/aromatic N) is 5. The molecule has 0 aliphatic heterocycles. The molecular formula is C24H22N6O2. The molecule has 4 rings (SSSR count). The molecule has 0 spiro atoms. The zero-order chi connectivity index (χ0) is 22.6. The Balaban J connectivity index is 1.46. The molecule has 0 bridgehead atoms. The molecule has 0 saturated carbocycles. The van der Waals surface area contributed by atoms with Crippen LogP contribution in [0.4, 0.5) is 0 Å². The highest BCUT2D eigenvalue weighted by atomic mass is 16.5. The van der Waals surface area contributed by atoms with E-state index in [2.05, 4.69) is 30.5 Å². The van der Waals surface area contributed by atoms with Crippen LogP contribution in [-0.4, -0.2) is 38.2 Å². The summed E-state index contributed by atoms with van der Waals surface area (Å²) in [4.78, 5) is 25.8. The third-order valence-corrected chi connectivity index (χ3v) is 5.01. The number of amides is 1. The zero-order valence-corrected chi connectivity index (χ0v) is 18.0. The maximum atomic E-state index is 12.8. The first-order valence-electron chi connectivity index (χ1n) is 10.00. The van der Waals surface area contributed by atoms with E-state index in [0.29, 0.717) is 17.1 Å². The van der Waals surface area contributed by atoms with E-state index in [0.717, 1.165) is 22.6 Å². The van der Waals surface area contributed by atoms with E-state index in [4.69, 9.17) is 4.74 Å². The molecule has 0 atom stereocenters. The molecule has 160 valence electrons. The quantitative estimate of drug-likeness (QED) is 0.502. The van der Waals surface area contributed by atoms with Gasteiger partial charge in [0.25, 0.3) is 5.91 Å². The second-order valence-electron chi connectivity index (χ2n) is 7.64. The highest BCUT2D eigenvalue weighted by molar-refractivity contribution is 5.94. The molecule has 0 fully saturated rings. The molecule has 32 heavy (non-hydrogen) atoms. The van der Waals surface area contributed by atoms with Gasteiger partial charge in [0.05, 0.1) is 23.9 Å². The van der Waals surface area contributed by atoms with Gasteiger partial charge in [0.1, 0.15) is 11.4 Å². The summed E-state index contributed by atoms with van der Waals surface area (Å²) in [6.45, 7) is 3.84. The second-order valence-corrected chi connectivity index (χ2v) is 7.64. The van der Waals surface area contributed by atoms with Crippen LogP contribution >= 0.6 is 0 Å². The van der Waals surface area contributed by atoms with E-state index in [1.54, 1.807) is 31.6 Å². The van der Waals surface area contributed by atoms with Crippen LogP contribution < -0.4 is 10.1 Å². The Morgan fingerprint density at radius 3 is 2.25 bits per heavy atom. The summed E-state index contributed by atoms with van der Waals surface area (Å²) in [6, 6.07) is 15.1. The van der Waals surface area contributed by atoms with Crippen molar-refractivity contribution < 1.29 is 9.53 Å². The van der Waals surface area contributed by atoms with E-state index >= 15 is 0 Å². The molecule has 3 aromatic heterocycles. The van der Waals surface area contributed by atoms with Crippen LogP contribution in [-0.2, 0) is 5.54 Å². The summed E-state index contributed by atoms with van der Waals surface area (Å²) in [7, 11) is 1.64. The van der Waals surface area contributed by atoms with Crippen LogP contribution in [0.2, 0.25) is 0 Å². The number of benzene rings is 1. The van der Waals surface area contributed by atoms with Crippen LogP contribution in [0.25, 0.3) is 22.8 Å². The van der Waals surface area contributed by atoms with Crippen molar-refractivity contribution in [3.8, 4) is 28.5 Å². The SMILES string of the molecule is COc1ccc(-c2ccc(C(C)(C)NC(=O)c3cnc(-c4cccnn4)nc3)cn2)cc1. The van der Waals surface area contributed by atoms with Gasteiger partial charge < -0.3 is 10.1 Å². The van der Waals surface area contributed by atoms with Crippen molar-refractivity contribution >= 4 is 5.91 Å². The summed E-state index contributed by atoms with van der Waals surface area (Å²) in [5, 5.41) is 10.8. The van der Waals surface area contributed by atoms with Crippen molar-refractivity contribution in [2.75, 3.05) is 7.11 Å². The third kappa shape index (κ3) is 4.59. The molecule has 0 saturated heterocycles. The van der Waals surface area contributed by atoms with Gasteiger partial charge in [-0.1, -0.05) is 6.07 Å². The lowest BCUT2D eigenvalue weighted by Gasteiger charge is -2.26. The number of methoxy groups -OCH3 is 1. The first-order valence-corrected chi connectivity index (χ1v) is 10.00. The van der Waals surface area contributed by atoms with Crippen molar-refractivity contribution in [3.63, 3.8) is 0 Å². The molecule has 1 amide bonds. The fourth-order valence-electron chi connectivity index (χ4n) is 3.12. The number of rotatable bonds is 6. The third-order valence-electron chi connectivity index (χ3n) is 5.01. The number of hydrogen-bond acceptors (Lipinski definition) is 7. The van der Waals surface area contributed by atoms with E-state index in [1.165, 1.54) is 12.4 Å². The molecule has 1 aromatic carbocycles. The highest BCUT2D eigenvalue weighted by Crippen LogP contribution is 2.24. The molecule has 8 nitrogen and oxygen atoms in total. The average molecular weight is 426 g/mol. The lowest BCUT2D eigenvalue weighted by Crippen LogP contribution is -2.41. The number of nitrogens with one attached hydrogen (secondary N) is 1. The van der Waals surface area contributed by atoms with Crippen molar-refractivity contribution in [1.29, 1.82) is 0 Å². The lowest BCUT2D eigenvalue weighted by molar-refractivity contribution is 0.0911. The zero-order valence-electron chi connectivity index (χ0n) is 18.0. The van der Waals surface area contributed by atoms with Gasteiger partial charge in [-0.2, -0.15) is 5.10 Å². The topological polar surface area (TPSA) is 103 Å².